The number of nitrogens with two attached hydrogens (primary N) is 1. The lowest BCUT2D eigenvalue weighted by molar-refractivity contribution is -0.175. The van der Waals surface area contributed by atoms with Gasteiger partial charge in [-0.05, 0) is 53.0 Å². The van der Waals surface area contributed by atoms with Crippen LogP contribution in [-0.4, -0.2) is 44.9 Å². The summed E-state index contributed by atoms with van der Waals surface area (Å²) in [6.07, 6.45) is 0.0771. The van der Waals surface area contributed by atoms with Crippen molar-refractivity contribution in [2.45, 2.75) is 24.9 Å². The summed E-state index contributed by atoms with van der Waals surface area (Å²) in [7, 11) is 0. The molecule has 9 heteroatoms. The molecule has 0 saturated heterocycles. The van der Waals surface area contributed by atoms with Crippen LogP contribution in [0.25, 0.3) is 0 Å². The number of rotatable bonds is 1. The third kappa shape index (κ3) is 2.35. The number of hydrogen-bond acceptors (Lipinski definition) is 7. The lowest BCUT2D eigenvalue weighted by Crippen LogP contribution is -2.68. The molecule has 0 aliphatic heterocycles. The Labute approximate surface area is 172 Å². The maximum absolute atomic E-state index is 13.2. The number of halogens is 1. The fourth-order valence-corrected chi connectivity index (χ4v) is 5.37. The maximum Gasteiger partial charge on any atom is 0.235 e. The van der Waals surface area contributed by atoms with Crippen LogP contribution in [-0.2, 0) is 25.6 Å². The van der Waals surface area contributed by atoms with Crippen LogP contribution < -0.4 is 5.73 Å². The van der Waals surface area contributed by atoms with Gasteiger partial charge in [-0.2, -0.15) is 0 Å². The number of ketones is 4. The Hall–Kier alpha value is -2.14. The highest BCUT2D eigenvalue weighted by Crippen LogP contribution is 2.50. The van der Waals surface area contributed by atoms with Gasteiger partial charge >= 0.3 is 0 Å². The molecular weight excluding hydrogens is 481 g/mol. The molecule has 1 amide bonds. The summed E-state index contributed by atoms with van der Waals surface area (Å²) in [5, 5.41) is 21.3. The lowest BCUT2D eigenvalue weighted by atomic mass is 9.54. The van der Waals surface area contributed by atoms with E-state index < -0.39 is 58.3 Å². The number of primary amides is 1. The highest BCUT2D eigenvalue weighted by molar-refractivity contribution is 14.1. The maximum atomic E-state index is 13.2. The normalized spacial score (nSPS) is 34.5. The van der Waals surface area contributed by atoms with Gasteiger partial charge in [0.05, 0.1) is 15.1 Å². The van der Waals surface area contributed by atoms with E-state index >= 15 is 0 Å². The van der Waals surface area contributed by atoms with E-state index in [9.17, 15) is 34.2 Å². The minimum atomic E-state index is -2.60. The van der Waals surface area contributed by atoms with Gasteiger partial charge in [0, 0.05) is 12.3 Å². The first-order chi connectivity index (χ1) is 13.1. The van der Waals surface area contributed by atoms with Gasteiger partial charge in [-0.1, -0.05) is 6.07 Å². The highest BCUT2D eigenvalue weighted by Gasteiger charge is 2.65. The van der Waals surface area contributed by atoms with Crippen molar-refractivity contribution >= 4 is 51.6 Å². The molecule has 0 radical (unpaired) electrons. The summed E-state index contributed by atoms with van der Waals surface area (Å²) in [6.45, 7) is 0. The summed E-state index contributed by atoms with van der Waals surface area (Å²) < 4.78 is 0.441. The zero-order chi connectivity index (χ0) is 20.5. The third-order valence-electron chi connectivity index (χ3n) is 6.23. The van der Waals surface area contributed by atoms with Crippen LogP contribution in [0, 0.1) is 27.2 Å². The van der Waals surface area contributed by atoms with E-state index in [1.54, 1.807) is 12.1 Å². The SMILES string of the molecule is NC(=O)C1C(=O)C[C@@H]2C[C@@H]3Cc4ccc(I)c(O)c4C(=O)C3C(=O)[C@]2(O)C1=O. The van der Waals surface area contributed by atoms with Crippen molar-refractivity contribution in [3.05, 3.63) is 26.8 Å². The number of carbonyl (C=O) groups is 5. The first kappa shape index (κ1) is 19.2. The molecule has 0 heterocycles. The van der Waals surface area contributed by atoms with Crippen molar-refractivity contribution in [2.75, 3.05) is 0 Å². The molecule has 2 fully saturated rings. The molecule has 146 valence electrons. The molecular formula is C19H16INO7. The Morgan fingerprint density at radius 2 is 1.82 bits per heavy atom. The van der Waals surface area contributed by atoms with E-state index in [0.717, 1.165) is 0 Å². The minimum Gasteiger partial charge on any atom is -0.506 e. The number of phenolic OH excluding ortho intramolecular Hbond substituents is 1. The van der Waals surface area contributed by atoms with Crippen LogP contribution in [0.5, 0.6) is 5.75 Å². The molecule has 4 rings (SSSR count). The zero-order valence-corrected chi connectivity index (χ0v) is 16.6. The van der Waals surface area contributed by atoms with Crippen molar-refractivity contribution < 1.29 is 34.2 Å². The molecule has 0 aromatic heterocycles. The second kappa shape index (κ2) is 6.18. The molecule has 1 aromatic rings. The molecule has 1 aromatic carbocycles. The van der Waals surface area contributed by atoms with E-state index in [-0.39, 0.29) is 24.2 Å². The number of Topliss-reactive ketones (excluding diaryl/α,β-unsaturated/α-hetero) is 4. The van der Waals surface area contributed by atoms with Crippen molar-refractivity contribution in [3.63, 3.8) is 0 Å². The molecule has 5 atom stereocenters. The van der Waals surface area contributed by atoms with Crippen LogP contribution >= 0.6 is 22.6 Å². The Balaban J connectivity index is 1.81. The summed E-state index contributed by atoms with van der Waals surface area (Å²) in [5.74, 6) is -9.76. The van der Waals surface area contributed by atoms with Crippen molar-refractivity contribution in [3.8, 4) is 5.75 Å². The standard InChI is InChI=1S/C19H16INO7/c20-9-2-1-6-3-7-4-8-5-10(22)13(18(21)27)17(26)19(8,28)16(25)12(7)15(24)11(6)14(9)23/h1-2,7-8,12-13,23,28H,3-5H2,(H2,21,27)/t7-,8-,12?,13?,19-/m0/s1. The summed E-state index contributed by atoms with van der Waals surface area (Å²) in [5.41, 5.74) is 3.14. The molecule has 2 unspecified atom stereocenters. The van der Waals surface area contributed by atoms with Gasteiger partial charge in [0.25, 0.3) is 0 Å². The topological polar surface area (TPSA) is 152 Å². The predicted octanol–water partition coefficient (Wildman–Crippen LogP) is -0.0685. The lowest BCUT2D eigenvalue weighted by Gasteiger charge is -2.48. The number of amides is 1. The number of hydrogen-bond donors (Lipinski definition) is 3. The van der Waals surface area contributed by atoms with Crippen molar-refractivity contribution in [2.24, 2.45) is 29.4 Å². The summed E-state index contributed by atoms with van der Waals surface area (Å²) in [6, 6.07) is 3.37. The van der Waals surface area contributed by atoms with Gasteiger partial charge in [0.2, 0.25) is 5.91 Å². The van der Waals surface area contributed by atoms with E-state index in [1.807, 2.05) is 22.6 Å². The quantitative estimate of drug-likeness (QED) is 0.363. The average Bonchev–Trinajstić information content (AvgIpc) is 2.61. The summed E-state index contributed by atoms with van der Waals surface area (Å²) >= 11 is 1.86. The molecule has 0 spiro atoms. The largest absolute Gasteiger partial charge is 0.506 e. The highest BCUT2D eigenvalue weighted by atomic mass is 127. The first-order valence-electron chi connectivity index (χ1n) is 8.76. The minimum absolute atomic E-state index is 0.0225. The van der Waals surface area contributed by atoms with Crippen LogP contribution in [0.15, 0.2) is 12.1 Å². The average molecular weight is 497 g/mol. The Morgan fingerprint density at radius 3 is 2.46 bits per heavy atom. The Bertz CT molecular complexity index is 987. The monoisotopic (exact) mass is 497 g/mol. The number of aliphatic hydroxyl groups is 1. The number of aromatic hydroxyl groups is 1. The molecule has 3 aliphatic rings. The van der Waals surface area contributed by atoms with E-state index in [2.05, 4.69) is 0 Å². The number of phenols is 1. The van der Waals surface area contributed by atoms with Gasteiger partial charge in [-0.3, -0.25) is 24.0 Å². The first-order valence-corrected chi connectivity index (χ1v) is 9.84. The number of benzene rings is 1. The molecule has 28 heavy (non-hydrogen) atoms. The number of fused-ring (bicyclic) bond motifs is 3. The van der Waals surface area contributed by atoms with Gasteiger partial charge in [-0.15, -0.1) is 0 Å². The molecule has 0 bridgehead atoms. The van der Waals surface area contributed by atoms with Crippen LogP contribution in [0.4, 0.5) is 0 Å². The Kier molecular flexibility index (Phi) is 4.23. The van der Waals surface area contributed by atoms with E-state index in [0.29, 0.717) is 15.6 Å². The second-order valence-electron chi connectivity index (χ2n) is 7.67. The predicted molar refractivity (Wildman–Crippen MR) is 101 cm³/mol. The van der Waals surface area contributed by atoms with E-state index in [1.165, 1.54) is 0 Å². The second-order valence-corrected chi connectivity index (χ2v) is 8.83. The third-order valence-corrected chi connectivity index (χ3v) is 7.10. The van der Waals surface area contributed by atoms with Crippen molar-refractivity contribution in [1.82, 2.24) is 0 Å². The molecule has 4 N–H and O–H groups in total. The number of carbonyl (C=O) groups excluding carboxylic acids is 5. The van der Waals surface area contributed by atoms with Gasteiger partial charge < -0.3 is 15.9 Å². The fraction of sp³-hybridized carbons (Fsp3) is 0.421. The zero-order valence-electron chi connectivity index (χ0n) is 14.5. The van der Waals surface area contributed by atoms with Gasteiger partial charge in [0.15, 0.2) is 34.7 Å². The Morgan fingerprint density at radius 1 is 1.14 bits per heavy atom. The van der Waals surface area contributed by atoms with Gasteiger partial charge in [-0.25, -0.2) is 0 Å². The van der Waals surface area contributed by atoms with Crippen LogP contribution in [0.1, 0.15) is 28.8 Å². The van der Waals surface area contributed by atoms with Crippen LogP contribution in [0.3, 0.4) is 0 Å². The molecule has 8 nitrogen and oxygen atoms in total. The molecule has 3 aliphatic carbocycles. The molecule has 2 saturated carbocycles. The smallest absolute Gasteiger partial charge is 0.235 e. The van der Waals surface area contributed by atoms with Crippen LogP contribution in [0.2, 0.25) is 0 Å². The van der Waals surface area contributed by atoms with Crippen molar-refractivity contribution in [1.29, 1.82) is 0 Å². The fourth-order valence-electron chi connectivity index (χ4n) is 4.92. The van der Waals surface area contributed by atoms with Gasteiger partial charge in [0.1, 0.15) is 5.75 Å². The van der Waals surface area contributed by atoms with E-state index in [4.69, 9.17) is 5.73 Å². The summed E-state index contributed by atoms with van der Waals surface area (Å²) in [4.78, 5) is 62.7.